The van der Waals surface area contributed by atoms with Gasteiger partial charge in [-0.2, -0.15) is 0 Å². The van der Waals surface area contributed by atoms with Gasteiger partial charge < -0.3 is 10.1 Å². The van der Waals surface area contributed by atoms with Crippen molar-refractivity contribution < 1.29 is 5.11 Å². The van der Waals surface area contributed by atoms with E-state index >= 15 is 0 Å². The highest BCUT2D eigenvalue weighted by atomic mass is 79.9. The average molecular weight is 367 g/mol. The Bertz CT molecular complexity index is 701. The Morgan fingerprint density at radius 1 is 1.00 bits per heavy atom. The summed E-state index contributed by atoms with van der Waals surface area (Å²) in [6.45, 7) is 0. The maximum absolute atomic E-state index is 10.1. The zero-order valence-corrected chi connectivity index (χ0v) is 12.4. The first-order valence-corrected chi connectivity index (χ1v) is 7.00. The Balaban J connectivity index is 2.26. The van der Waals surface area contributed by atoms with E-state index in [1.165, 1.54) is 0 Å². The van der Waals surface area contributed by atoms with Crippen LogP contribution in [-0.2, 0) is 0 Å². The van der Waals surface area contributed by atoms with E-state index in [4.69, 9.17) is 0 Å². The fraction of sp³-hybridized carbons (Fsp3) is 0. The molecule has 3 rings (SSSR count). The minimum atomic E-state index is 0.241. The van der Waals surface area contributed by atoms with E-state index in [1.54, 1.807) is 0 Å². The van der Waals surface area contributed by atoms with Crippen LogP contribution >= 0.6 is 31.9 Å². The largest absolute Gasteiger partial charge is 0.506 e. The Labute approximate surface area is 121 Å². The first kappa shape index (κ1) is 11.8. The lowest BCUT2D eigenvalue weighted by Crippen LogP contribution is -1.81. The number of halogens is 2. The lowest BCUT2D eigenvalue weighted by Gasteiger charge is -2.05. The van der Waals surface area contributed by atoms with Gasteiger partial charge in [0.1, 0.15) is 5.75 Å². The number of phenolic OH excluding ortho intramolecular Hbond substituents is 1. The van der Waals surface area contributed by atoms with Crippen LogP contribution in [0.4, 0.5) is 0 Å². The molecule has 0 aliphatic carbocycles. The van der Waals surface area contributed by atoms with Crippen molar-refractivity contribution in [3.05, 3.63) is 51.4 Å². The normalized spacial score (nSPS) is 11.0. The SMILES string of the molecule is Oc1c(Br)cc(Br)cc1-c1cc2ccccc2[nH]1. The molecule has 0 atom stereocenters. The molecular weight excluding hydrogens is 358 g/mol. The molecule has 18 heavy (non-hydrogen) atoms. The van der Waals surface area contributed by atoms with Crippen molar-refractivity contribution in [2.45, 2.75) is 0 Å². The quantitative estimate of drug-likeness (QED) is 0.620. The van der Waals surface area contributed by atoms with E-state index in [2.05, 4.69) is 36.8 Å². The van der Waals surface area contributed by atoms with Gasteiger partial charge in [0, 0.05) is 20.9 Å². The Kier molecular flexibility index (Phi) is 2.92. The molecule has 90 valence electrons. The molecule has 1 aromatic heterocycles. The van der Waals surface area contributed by atoms with Crippen LogP contribution < -0.4 is 0 Å². The molecular formula is C14H9Br2NO. The molecule has 1 heterocycles. The van der Waals surface area contributed by atoms with Crippen molar-refractivity contribution in [2.24, 2.45) is 0 Å². The van der Waals surface area contributed by atoms with Crippen LogP contribution in [0.5, 0.6) is 5.75 Å². The number of H-pyrrole nitrogens is 1. The molecule has 0 unspecified atom stereocenters. The van der Waals surface area contributed by atoms with Crippen LogP contribution in [0.2, 0.25) is 0 Å². The van der Waals surface area contributed by atoms with Crippen LogP contribution in [0.25, 0.3) is 22.2 Å². The van der Waals surface area contributed by atoms with Gasteiger partial charge >= 0.3 is 0 Å². The predicted molar refractivity (Wildman–Crippen MR) is 80.8 cm³/mol. The molecule has 2 N–H and O–H groups in total. The molecule has 4 heteroatoms. The van der Waals surface area contributed by atoms with Gasteiger partial charge in [-0.1, -0.05) is 34.1 Å². The fourth-order valence-corrected chi connectivity index (χ4v) is 3.22. The third-order valence-electron chi connectivity index (χ3n) is 2.85. The molecule has 0 amide bonds. The van der Waals surface area contributed by atoms with Crippen LogP contribution in [0.3, 0.4) is 0 Å². The summed E-state index contributed by atoms with van der Waals surface area (Å²) in [6.07, 6.45) is 0. The summed E-state index contributed by atoms with van der Waals surface area (Å²) in [7, 11) is 0. The number of hydrogen-bond acceptors (Lipinski definition) is 1. The third kappa shape index (κ3) is 1.95. The smallest absolute Gasteiger partial charge is 0.139 e. The summed E-state index contributed by atoms with van der Waals surface area (Å²) in [5, 5.41) is 11.2. The summed E-state index contributed by atoms with van der Waals surface area (Å²) in [6, 6.07) is 13.8. The molecule has 3 aromatic rings. The molecule has 2 nitrogen and oxygen atoms in total. The van der Waals surface area contributed by atoms with Gasteiger partial charge in [0.25, 0.3) is 0 Å². The number of aromatic hydroxyl groups is 1. The maximum Gasteiger partial charge on any atom is 0.139 e. The second-order valence-corrected chi connectivity index (χ2v) is 5.82. The fourth-order valence-electron chi connectivity index (χ4n) is 1.99. The highest BCUT2D eigenvalue weighted by molar-refractivity contribution is 9.11. The Morgan fingerprint density at radius 3 is 2.56 bits per heavy atom. The Morgan fingerprint density at radius 2 is 1.78 bits per heavy atom. The number of benzene rings is 2. The zero-order valence-electron chi connectivity index (χ0n) is 9.24. The highest BCUT2D eigenvalue weighted by Gasteiger charge is 2.11. The van der Waals surface area contributed by atoms with Gasteiger partial charge in [-0.25, -0.2) is 0 Å². The molecule has 0 aliphatic heterocycles. The minimum absolute atomic E-state index is 0.241. The van der Waals surface area contributed by atoms with Gasteiger partial charge in [-0.15, -0.1) is 0 Å². The number of rotatable bonds is 1. The third-order valence-corrected chi connectivity index (χ3v) is 3.91. The van der Waals surface area contributed by atoms with E-state index in [-0.39, 0.29) is 5.75 Å². The van der Waals surface area contributed by atoms with Crippen LogP contribution in [-0.4, -0.2) is 10.1 Å². The standard InChI is InChI=1S/C14H9Br2NO/c15-9-6-10(14(18)11(16)7-9)13-5-8-3-1-2-4-12(8)17-13/h1-7,17-18H. The number of fused-ring (bicyclic) bond motifs is 1. The van der Waals surface area contributed by atoms with Gasteiger partial charge in [-0.05, 0) is 40.2 Å². The first-order valence-electron chi connectivity index (χ1n) is 5.41. The molecule has 0 fully saturated rings. The summed E-state index contributed by atoms with van der Waals surface area (Å²) >= 11 is 6.78. The number of para-hydroxylation sites is 1. The summed E-state index contributed by atoms with van der Waals surface area (Å²) < 4.78 is 1.59. The number of aromatic amines is 1. The number of hydrogen-bond donors (Lipinski definition) is 2. The number of nitrogens with one attached hydrogen (secondary N) is 1. The van der Waals surface area contributed by atoms with Crippen molar-refractivity contribution in [3.8, 4) is 17.0 Å². The topological polar surface area (TPSA) is 36.0 Å². The van der Waals surface area contributed by atoms with Crippen LogP contribution in [0, 0.1) is 0 Å². The number of phenols is 1. The molecule has 0 radical (unpaired) electrons. The molecule has 0 spiro atoms. The first-order chi connectivity index (χ1) is 8.65. The van der Waals surface area contributed by atoms with Crippen molar-refractivity contribution in [3.63, 3.8) is 0 Å². The maximum atomic E-state index is 10.1. The molecule has 0 aliphatic rings. The predicted octanol–water partition coefficient (Wildman–Crippen LogP) is 5.07. The van der Waals surface area contributed by atoms with Crippen molar-refractivity contribution in [2.75, 3.05) is 0 Å². The highest BCUT2D eigenvalue weighted by Crippen LogP contribution is 2.38. The lowest BCUT2D eigenvalue weighted by atomic mass is 10.1. The van der Waals surface area contributed by atoms with Crippen molar-refractivity contribution in [1.29, 1.82) is 0 Å². The van der Waals surface area contributed by atoms with Gasteiger partial charge in [0.2, 0.25) is 0 Å². The van der Waals surface area contributed by atoms with Crippen molar-refractivity contribution in [1.82, 2.24) is 4.98 Å². The van der Waals surface area contributed by atoms with E-state index < -0.39 is 0 Å². The van der Waals surface area contributed by atoms with Gasteiger partial charge in [0.15, 0.2) is 0 Å². The monoisotopic (exact) mass is 365 g/mol. The van der Waals surface area contributed by atoms with E-state index in [0.717, 1.165) is 26.6 Å². The summed E-state index contributed by atoms with van der Waals surface area (Å²) in [4.78, 5) is 3.31. The summed E-state index contributed by atoms with van der Waals surface area (Å²) in [5.41, 5.74) is 2.73. The molecule has 0 saturated carbocycles. The van der Waals surface area contributed by atoms with Crippen molar-refractivity contribution >= 4 is 42.8 Å². The Hall–Kier alpha value is -1.26. The van der Waals surface area contributed by atoms with Crippen LogP contribution in [0.1, 0.15) is 0 Å². The van der Waals surface area contributed by atoms with E-state index in [1.807, 2.05) is 42.5 Å². The summed E-state index contributed by atoms with van der Waals surface area (Å²) in [5.74, 6) is 0.241. The van der Waals surface area contributed by atoms with Gasteiger partial charge in [0.05, 0.1) is 10.2 Å². The lowest BCUT2D eigenvalue weighted by molar-refractivity contribution is 0.473. The van der Waals surface area contributed by atoms with E-state index in [9.17, 15) is 5.11 Å². The minimum Gasteiger partial charge on any atom is -0.506 e. The molecule has 0 bridgehead atoms. The van der Waals surface area contributed by atoms with Crippen LogP contribution in [0.15, 0.2) is 51.4 Å². The molecule has 2 aromatic carbocycles. The average Bonchev–Trinajstić information content (AvgIpc) is 2.77. The second-order valence-electron chi connectivity index (χ2n) is 4.05. The molecule has 0 saturated heterocycles. The van der Waals surface area contributed by atoms with E-state index in [0.29, 0.717) is 4.47 Å². The van der Waals surface area contributed by atoms with Gasteiger partial charge in [-0.3, -0.25) is 0 Å². The second kappa shape index (κ2) is 4.44. The zero-order chi connectivity index (χ0) is 12.7. The number of aromatic nitrogens is 1.